The second kappa shape index (κ2) is 5.21. The summed E-state index contributed by atoms with van der Waals surface area (Å²) in [6.07, 6.45) is -3.22. The molecule has 0 radical (unpaired) electrons. The summed E-state index contributed by atoms with van der Waals surface area (Å²) in [5.74, 6) is 0.396. The van der Waals surface area contributed by atoms with Crippen molar-refractivity contribution in [1.29, 1.82) is 0 Å². The lowest BCUT2D eigenvalue weighted by molar-refractivity contribution is -0.140. The van der Waals surface area contributed by atoms with Crippen LogP contribution >= 0.6 is 0 Å². The number of halogens is 3. The molecule has 0 fully saturated rings. The molecule has 1 aromatic carbocycles. The van der Waals surface area contributed by atoms with E-state index >= 15 is 0 Å². The molecule has 0 aliphatic heterocycles. The van der Waals surface area contributed by atoms with Crippen LogP contribution in [0.2, 0.25) is 0 Å². The minimum Gasteiger partial charge on any atom is -0.327 e. The monoisotopic (exact) mass is 271 g/mol. The number of aromatic nitrogens is 2. The van der Waals surface area contributed by atoms with Crippen molar-refractivity contribution >= 4 is 11.0 Å². The Morgan fingerprint density at radius 1 is 1.32 bits per heavy atom. The summed E-state index contributed by atoms with van der Waals surface area (Å²) in [5, 5.41) is 0. The zero-order valence-corrected chi connectivity index (χ0v) is 10.6. The predicted octanol–water partition coefficient (Wildman–Crippen LogP) is 2.88. The fourth-order valence-electron chi connectivity index (χ4n) is 2.02. The number of alkyl halides is 3. The van der Waals surface area contributed by atoms with E-state index in [1.165, 1.54) is 4.57 Å². The highest BCUT2D eigenvalue weighted by Crippen LogP contribution is 2.24. The summed E-state index contributed by atoms with van der Waals surface area (Å²) in [5.41, 5.74) is 6.90. The normalized spacial score (nSPS) is 13.9. The lowest BCUT2D eigenvalue weighted by atomic mass is 10.1. The van der Waals surface area contributed by atoms with Crippen LogP contribution in [0.3, 0.4) is 0 Å². The fourth-order valence-corrected chi connectivity index (χ4v) is 2.02. The number of rotatable bonds is 4. The van der Waals surface area contributed by atoms with Gasteiger partial charge in [0.2, 0.25) is 0 Å². The standard InChI is InChI=1S/C13H16F3N3/c1-2-9(17)7-12-18-10-5-3-4-6-11(10)19(12)8-13(14,15)16/h3-6,9H,2,7-8,17H2,1H3. The molecule has 0 bridgehead atoms. The van der Waals surface area contributed by atoms with Crippen LogP contribution in [0.5, 0.6) is 0 Å². The maximum absolute atomic E-state index is 12.7. The Hall–Kier alpha value is -1.56. The molecule has 0 spiro atoms. The Labute approximate surface area is 109 Å². The van der Waals surface area contributed by atoms with Crippen LogP contribution in [-0.2, 0) is 13.0 Å². The number of hydrogen-bond acceptors (Lipinski definition) is 2. The maximum atomic E-state index is 12.7. The lowest BCUT2D eigenvalue weighted by Crippen LogP contribution is -2.26. The minimum absolute atomic E-state index is 0.177. The van der Waals surface area contributed by atoms with Crippen LogP contribution in [0.4, 0.5) is 13.2 Å². The van der Waals surface area contributed by atoms with Crippen LogP contribution in [-0.4, -0.2) is 21.8 Å². The smallest absolute Gasteiger partial charge is 0.327 e. The van der Waals surface area contributed by atoms with Crippen molar-refractivity contribution in [3.8, 4) is 0 Å². The zero-order chi connectivity index (χ0) is 14.0. The molecule has 6 heteroatoms. The van der Waals surface area contributed by atoms with Crippen molar-refractivity contribution in [2.45, 2.75) is 38.5 Å². The fraction of sp³-hybridized carbons (Fsp3) is 0.462. The third-order valence-electron chi connectivity index (χ3n) is 3.04. The van der Waals surface area contributed by atoms with Crippen LogP contribution in [0.15, 0.2) is 24.3 Å². The van der Waals surface area contributed by atoms with Gasteiger partial charge in [-0.25, -0.2) is 4.98 Å². The van der Waals surface area contributed by atoms with Crippen molar-refractivity contribution in [3.63, 3.8) is 0 Å². The zero-order valence-electron chi connectivity index (χ0n) is 10.6. The maximum Gasteiger partial charge on any atom is 0.406 e. The summed E-state index contributed by atoms with van der Waals surface area (Å²) < 4.78 is 39.2. The van der Waals surface area contributed by atoms with E-state index in [0.29, 0.717) is 29.7 Å². The van der Waals surface area contributed by atoms with E-state index in [-0.39, 0.29) is 6.04 Å². The highest BCUT2D eigenvalue weighted by atomic mass is 19.4. The molecule has 2 aromatic rings. The topological polar surface area (TPSA) is 43.8 Å². The molecule has 1 unspecified atom stereocenters. The quantitative estimate of drug-likeness (QED) is 0.929. The van der Waals surface area contributed by atoms with Gasteiger partial charge < -0.3 is 10.3 Å². The SMILES string of the molecule is CCC(N)Cc1nc2ccccc2n1CC(F)(F)F. The first-order chi connectivity index (χ1) is 8.90. The van der Waals surface area contributed by atoms with Gasteiger partial charge in [-0.1, -0.05) is 19.1 Å². The third-order valence-corrected chi connectivity index (χ3v) is 3.04. The van der Waals surface area contributed by atoms with E-state index in [0.717, 1.165) is 0 Å². The van der Waals surface area contributed by atoms with Crippen LogP contribution in [0.25, 0.3) is 11.0 Å². The van der Waals surface area contributed by atoms with Crippen molar-refractivity contribution < 1.29 is 13.2 Å². The number of para-hydroxylation sites is 2. The number of fused-ring (bicyclic) bond motifs is 1. The summed E-state index contributed by atoms with van der Waals surface area (Å²) >= 11 is 0. The molecule has 104 valence electrons. The van der Waals surface area contributed by atoms with E-state index in [1.807, 2.05) is 6.92 Å². The third kappa shape index (κ3) is 3.26. The average Bonchev–Trinajstić information content (AvgIpc) is 2.65. The van der Waals surface area contributed by atoms with E-state index in [9.17, 15) is 13.2 Å². The van der Waals surface area contributed by atoms with Gasteiger partial charge in [-0.2, -0.15) is 13.2 Å². The predicted molar refractivity (Wildman–Crippen MR) is 67.8 cm³/mol. The van der Waals surface area contributed by atoms with E-state index in [1.54, 1.807) is 24.3 Å². The van der Waals surface area contributed by atoms with Crippen LogP contribution < -0.4 is 5.73 Å². The van der Waals surface area contributed by atoms with E-state index in [4.69, 9.17) is 5.73 Å². The van der Waals surface area contributed by atoms with Crippen molar-refractivity contribution in [2.75, 3.05) is 0 Å². The Kier molecular flexibility index (Phi) is 3.80. The molecular weight excluding hydrogens is 255 g/mol. The molecule has 0 aliphatic rings. The summed E-state index contributed by atoms with van der Waals surface area (Å²) in [7, 11) is 0. The summed E-state index contributed by atoms with van der Waals surface area (Å²) in [4.78, 5) is 4.27. The summed E-state index contributed by atoms with van der Waals surface area (Å²) in [6, 6.07) is 6.65. The van der Waals surface area contributed by atoms with Gasteiger partial charge in [0.25, 0.3) is 0 Å². The molecule has 1 aromatic heterocycles. The number of nitrogens with two attached hydrogens (primary N) is 1. The van der Waals surface area contributed by atoms with Gasteiger partial charge in [0.1, 0.15) is 12.4 Å². The molecule has 0 aliphatic carbocycles. The number of benzene rings is 1. The van der Waals surface area contributed by atoms with Gasteiger partial charge in [0.15, 0.2) is 0 Å². The Bertz CT molecular complexity index is 560. The van der Waals surface area contributed by atoms with Gasteiger partial charge in [-0.3, -0.25) is 0 Å². The first-order valence-corrected chi connectivity index (χ1v) is 6.17. The molecule has 0 saturated carbocycles. The lowest BCUT2D eigenvalue weighted by Gasteiger charge is -2.14. The molecule has 0 saturated heterocycles. The van der Waals surface area contributed by atoms with Gasteiger partial charge >= 0.3 is 6.18 Å². The van der Waals surface area contributed by atoms with E-state index in [2.05, 4.69) is 4.98 Å². The summed E-state index contributed by atoms with van der Waals surface area (Å²) in [6.45, 7) is 0.876. The Morgan fingerprint density at radius 2 is 2.00 bits per heavy atom. The minimum atomic E-state index is -4.27. The molecule has 2 N–H and O–H groups in total. The largest absolute Gasteiger partial charge is 0.406 e. The number of imidazole rings is 1. The van der Waals surface area contributed by atoms with Crippen molar-refractivity contribution in [2.24, 2.45) is 5.73 Å². The van der Waals surface area contributed by atoms with Gasteiger partial charge in [0.05, 0.1) is 11.0 Å². The first-order valence-electron chi connectivity index (χ1n) is 6.17. The van der Waals surface area contributed by atoms with Crippen LogP contribution in [0.1, 0.15) is 19.2 Å². The average molecular weight is 271 g/mol. The second-order valence-corrected chi connectivity index (χ2v) is 4.59. The second-order valence-electron chi connectivity index (χ2n) is 4.59. The molecule has 1 atom stereocenters. The number of hydrogen-bond donors (Lipinski definition) is 1. The molecule has 1 heterocycles. The molecule has 19 heavy (non-hydrogen) atoms. The molecular formula is C13H16F3N3. The van der Waals surface area contributed by atoms with Crippen LogP contribution in [0, 0.1) is 0 Å². The van der Waals surface area contributed by atoms with Crippen molar-refractivity contribution in [3.05, 3.63) is 30.1 Å². The highest BCUT2D eigenvalue weighted by molar-refractivity contribution is 5.75. The molecule has 3 nitrogen and oxygen atoms in total. The first kappa shape index (κ1) is 13.9. The highest BCUT2D eigenvalue weighted by Gasteiger charge is 2.30. The van der Waals surface area contributed by atoms with E-state index < -0.39 is 12.7 Å². The van der Waals surface area contributed by atoms with Gasteiger partial charge in [-0.05, 0) is 18.6 Å². The van der Waals surface area contributed by atoms with Gasteiger partial charge in [-0.15, -0.1) is 0 Å². The molecule has 2 rings (SSSR count). The Balaban J connectivity index is 2.46. The van der Waals surface area contributed by atoms with Gasteiger partial charge in [0, 0.05) is 12.5 Å². The molecule has 0 amide bonds. The Morgan fingerprint density at radius 3 is 2.63 bits per heavy atom. The number of nitrogens with zero attached hydrogens (tertiary/aromatic N) is 2. The van der Waals surface area contributed by atoms with Crippen molar-refractivity contribution in [1.82, 2.24) is 9.55 Å².